The van der Waals surface area contributed by atoms with Gasteiger partial charge in [-0.25, -0.2) is 4.39 Å². The molecule has 0 spiro atoms. The summed E-state index contributed by atoms with van der Waals surface area (Å²) in [5, 5.41) is 3.45. The molecule has 1 saturated heterocycles. The van der Waals surface area contributed by atoms with Crippen LogP contribution in [-0.2, 0) is 0 Å². The van der Waals surface area contributed by atoms with Crippen LogP contribution in [0.15, 0.2) is 78.9 Å². The normalized spacial score (nSPS) is 16.3. The smallest absolute Gasteiger partial charge is 0.127 e. The maximum atomic E-state index is 14.0. The van der Waals surface area contributed by atoms with E-state index in [1.165, 1.54) is 6.07 Å². The maximum absolute atomic E-state index is 14.0. The van der Waals surface area contributed by atoms with Crippen molar-refractivity contribution in [2.45, 2.75) is 12.5 Å². The van der Waals surface area contributed by atoms with Crippen LogP contribution in [0.4, 0.5) is 4.39 Å². The number of para-hydroxylation sites is 1. The average molecular weight is 376 g/mol. The first-order valence-electron chi connectivity index (χ1n) is 9.83. The molecule has 0 bridgehead atoms. The van der Waals surface area contributed by atoms with Crippen LogP contribution < -0.4 is 10.1 Å². The number of hydrogen-bond donors (Lipinski definition) is 1. The molecule has 0 aromatic heterocycles. The summed E-state index contributed by atoms with van der Waals surface area (Å²) >= 11 is 0. The largest absolute Gasteiger partial charge is 0.457 e. The van der Waals surface area contributed by atoms with Gasteiger partial charge in [-0.2, -0.15) is 0 Å². The molecule has 1 fully saturated rings. The maximum Gasteiger partial charge on any atom is 0.127 e. The van der Waals surface area contributed by atoms with Crippen LogP contribution in [0.5, 0.6) is 11.5 Å². The van der Waals surface area contributed by atoms with Crippen LogP contribution in [0.25, 0.3) is 0 Å². The van der Waals surface area contributed by atoms with E-state index in [9.17, 15) is 4.39 Å². The van der Waals surface area contributed by atoms with E-state index in [4.69, 9.17) is 4.74 Å². The van der Waals surface area contributed by atoms with Crippen molar-refractivity contribution in [2.24, 2.45) is 0 Å². The molecule has 4 rings (SSSR count). The number of halogens is 1. The Bertz CT molecular complexity index is 892. The lowest BCUT2D eigenvalue weighted by Gasteiger charge is -2.31. The lowest BCUT2D eigenvalue weighted by atomic mass is 9.96. The van der Waals surface area contributed by atoms with Crippen LogP contribution in [0.1, 0.15) is 23.6 Å². The second-order valence-electron chi connectivity index (χ2n) is 7.08. The lowest BCUT2D eigenvalue weighted by Crippen LogP contribution is -2.33. The fourth-order valence-electron chi connectivity index (χ4n) is 3.79. The third-order valence-corrected chi connectivity index (χ3v) is 5.06. The Kier molecular flexibility index (Phi) is 6.00. The molecular formula is C24H25FN2O. The number of benzene rings is 3. The highest BCUT2D eigenvalue weighted by atomic mass is 19.1. The third kappa shape index (κ3) is 4.58. The standard InChI is InChI=1S/C24H25FN2O/c25-21-9-4-7-19(17-21)24(27-15-6-13-26-14-16-27)20-8-5-12-23(18-20)28-22-10-2-1-3-11-22/h1-5,7-12,17-18,24,26H,6,13-16H2. The summed E-state index contributed by atoms with van der Waals surface area (Å²) in [7, 11) is 0. The van der Waals surface area contributed by atoms with Gasteiger partial charge in [0.15, 0.2) is 0 Å². The van der Waals surface area contributed by atoms with Crippen molar-refractivity contribution < 1.29 is 9.13 Å². The number of hydrogen-bond acceptors (Lipinski definition) is 3. The van der Waals surface area contributed by atoms with Crippen LogP contribution in [0.2, 0.25) is 0 Å². The van der Waals surface area contributed by atoms with Gasteiger partial charge >= 0.3 is 0 Å². The van der Waals surface area contributed by atoms with Gasteiger partial charge in [-0.15, -0.1) is 0 Å². The number of ether oxygens (including phenoxy) is 1. The highest BCUT2D eigenvalue weighted by Crippen LogP contribution is 2.32. The van der Waals surface area contributed by atoms with Crippen molar-refractivity contribution in [1.29, 1.82) is 0 Å². The minimum Gasteiger partial charge on any atom is -0.457 e. The topological polar surface area (TPSA) is 24.5 Å². The molecule has 28 heavy (non-hydrogen) atoms. The van der Waals surface area contributed by atoms with E-state index >= 15 is 0 Å². The zero-order valence-corrected chi connectivity index (χ0v) is 15.9. The van der Waals surface area contributed by atoms with E-state index in [2.05, 4.69) is 22.3 Å². The molecule has 3 nitrogen and oxygen atoms in total. The molecule has 3 aromatic rings. The first-order valence-corrected chi connectivity index (χ1v) is 9.83. The zero-order valence-electron chi connectivity index (χ0n) is 15.9. The quantitative estimate of drug-likeness (QED) is 0.678. The van der Waals surface area contributed by atoms with Gasteiger partial charge in [0.2, 0.25) is 0 Å². The van der Waals surface area contributed by atoms with Crippen LogP contribution in [0, 0.1) is 5.82 Å². The summed E-state index contributed by atoms with van der Waals surface area (Å²) in [6.45, 7) is 3.85. The lowest BCUT2D eigenvalue weighted by molar-refractivity contribution is 0.240. The van der Waals surface area contributed by atoms with Gasteiger partial charge in [0, 0.05) is 19.6 Å². The molecule has 4 heteroatoms. The summed E-state index contributed by atoms with van der Waals surface area (Å²) in [6, 6.07) is 24.9. The SMILES string of the molecule is Fc1cccc(C(c2cccc(Oc3ccccc3)c2)N2CCCNCC2)c1. The number of nitrogens with one attached hydrogen (secondary N) is 1. The highest BCUT2D eigenvalue weighted by molar-refractivity contribution is 5.39. The molecule has 0 saturated carbocycles. The molecule has 1 aliphatic rings. The van der Waals surface area contributed by atoms with Gasteiger partial charge in [0.1, 0.15) is 17.3 Å². The van der Waals surface area contributed by atoms with Crippen LogP contribution in [-0.4, -0.2) is 31.1 Å². The van der Waals surface area contributed by atoms with E-state index in [0.29, 0.717) is 0 Å². The van der Waals surface area contributed by atoms with Gasteiger partial charge in [-0.1, -0.05) is 42.5 Å². The van der Waals surface area contributed by atoms with Crippen molar-refractivity contribution >= 4 is 0 Å². The minimum atomic E-state index is -0.202. The Labute approximate surface area is 165 Å². The summed E-state index contributed by atoms with van der Waals surface area (Å²) in [5.41, 5.74) is 2.08. The molecule has 1 heterocycles. The summed E-state index contributed by atoms with van der Waals surface area (Å²) in [6.07, 6.45) is 1.08. The minimum absolute atomic E-state index is 0.00470. The second-order valence-corrected chi connectivity index (χ2v) is 7.08. The van der Waals surface area contributed by atoms with Gasteiger partial charge in [-0.05, 0) is 60.5 Å². The van der Waals surface area contributed by atoms with Crippen LogP contribution >= 0.6 is 0 Å². The zero-order chi connectivity index (χ0) is 19.2. The van der Waals surface area contributed by atoms with E-state index in [-0.39, 0.29) is 11.9 Å². The van der Waals surface area contributed by atoms with Crippen molar-refractivity contribution in [3.05, 3.63) is 95.8 Å². The Balaban J connectivity index is 1.68. The summed E-state index contributed by atoms with van der Waals surface area (Å²) in [5.74, 6) is 1.39. The molecule has 1 unspecified atom stereocenters. The van der Waals surface area contributed by atoms with Gasteiger partial charge in [0.05, 0.1) is 6.04 Å². The third-order valence-electron chi connectivity index (χ3n) is 5.06. The second kappa shape index (κ2) is 9.00. The molecule has 3 aromatic carbocycles. The van der Waals surface area contributed by atoms with Crippen LogP contribution in [0.3, 0.4) is 0 Å². The van der Waals surface area contributed by atoms with Crippen molar-refractivity contribution in [2.75, 3.05) is 26.2 Å². The first kappa shape index (κ1) is 18.7. The first-order chi connectivity index (χ1) is 13.8. The summed E-state index contributed by atoms with van der Waals surface area (Å²) < 4.78 is 20.0. The Morgan fingerprint density at radius 2 is 1.54 bits per heavy atom. The molecule has 0 amide bonds. The Morgan fingerprint density at radius 3 is 2.36 bits per heavy atom. The van der Waals surface area contributed by atoms with Crippen molar-refractivity contribution in [3.8, 4) is 11.5 Å². The van der Waals surface area contributed by atoms with Gasteiger partial charge in [0.25, 0.3) is 0 Å². The molecule has 1 aliphatic heterocycles. The van der Waals surface area contributed by atoms with Crippen molar-refractivity contribution in [3.63, 3.8) is 0 Å². The number of rotatable bonds is 5. The monoisotopic (exact) mass is 376 g/mol. The molecule has 0 radical (unpaired) electrons. The van der Waals surface area contributed by atoms with Crippen molar-refractivity contribution in [1.82, 2.24) is 10.2 Å². The Morgan fingerprint density at radius 1 is 0.786 bits per heavy atom. The predicted octanol–water partition coefficient (Wildman–Crippen LogP) is 5.00. The van der Waals surface area contributed by atoms with E-state index in [1.807, 2.05) is 48.5 Å². The van der Waals surface area contributed by atoms with E-state index in [0.717, 1.165) is 55.2 Å². The van der Waals surface area contributed by atoms with E-state index < -0.39 is 0 Å². The fraction of sp³-hybridized carbons (Fsp3) is 0.250. The predicted molar refractivity (Wildman–Crippen MR) is 110 cm³/mol. The Hall–Kier alpha value is -2.69. The average Bonchev–Trinajstić information content (AvgIpc) is 2.99. The highest BCUT2D eigenvalue weighted by Gasteiger charge is 2.24. The molecular weight excluding hydrogens is 351 g/mol. The van der Waals surface area contributed by atoms with E-state index in [1.54, 1.807) is 12.1 Å². The fourth-order valence-corrected chi connectivity index (χ4v) is 3.79. The molecule has 144 valence electrons. The van der Waals surface area contributed by atoms with Gasteiger partial charge < -0.3 is 10.1 Å². The molecule has 1 N–H and O–H groups in total. The number of nitrogens with zero attached hydrogens (tertiary/aromatic N) is 1. The summed E-state index contributed by atoms with van der Waals surface area (Å²) in [4.78, 5) is 2.43. The molecule has 0 aliphatic carbocycles. The van der Waals surface area contributed by atoms with Gasteiger partial charge in [-0.3, -0.25) is 4.90 Å². The molecule has 1 atom stereocenters.